The molecule has 25 heavy (non-hydrogen) atoms. The second-order valence-electron chi connectivity index (χ2n) is 7.41. The van der Waals surface area contributed by atoms with Gasteiger partial charge in [0.15, 0.2) is 0 Å². The highest BCUT2D eigenvalue weighted by Gasteiger charge is 2.47. The molecule has 2 aromatic rings. The van der Waals surface area contributed by atoms with E-state index in [1.165, 1.54) is 11.3 Å². The van der Waals surface area contributed by atoms with Crippen molar-refractivity contribution in [3.8, 4) is 5.75 Å². The Bertz CT molecular complexity index is 826. The van der Waals surface area contributed by atoms with E-state index < -0.39 is 0 Å². The van der Waals surface area contributed by atoms with Gasteiger partial charge in [-0.15, -0.1) is 0 Å². The average molecular weight is 342 g/mol. The van der Waals surface area contributed by atoms with Gasteiger partial charge in [-0.25, -0.2) is 0 Å². The second-order valence-corrected chi connectivity index (χ2v) is 7.41. The Balaban J connectivity index is 1.84. The summed E-state index contributed by atoms with van der Waals surface area (Å²) in [5, 5.41) is 30.8. The van der Waals surface area contributed by atoms with Crippen molar-refractivity contribution in [3.63, 3.8) is 0 Å². The molecule has 5 nitrogen and oxygen atoms in total. The van der Waals surface area contributed by atoms with Gasteiger partial charge in [-0.2, -0.15) is 0 Å². The van der Waals surface area contributed by atoms with Gasteiger partial charge in [-0.3, -0.25) is 4.90 Å². The molecule has 4 rings (SSSR count). The lowest BCUT2D eigenvalue weighted by Gasteiger charge is -2.51. The number of hydrogen-bond donors (Lipinski definition) is 4. The summed E-state index contributed by atoms with van der Waals surface area (Å²) in [5.74, 6) is 0.584. The summed E-state index contributed by atoms with van der Waals surface area (Å²) < 4.78 is 0. The fourth-order valence-electron chi connectivity index (χ4n) is 5.07. The number of H-pyrrole nitrogens is 1. The Hall–Kier alpha value is -1.82. The van der Waals surface area contributed by atoms with Crippen LogP contribution in [0.5, 0.6) is 5.75 Å². The smallest absolute Gasteiger partial charge is 0.116 e. The number of nitrogens with one attached hydrogen (secondary N) is 1. The summed E-state index contributed by atoms with van der Waals surface area (Å²) in [6.45, 7) is 2.13. The Morgan fingerprint density at radius 1 is 1.36 bits per heavy atom. The maximum Gasteiger partial charge on any atom is 0.116 e. The molecule has 0 radical (unpaired) electrons. The first-order valence-electron chi connectivity index (χ1n) is 9.01. The number of nitrogens with zero attached hydrogens (tertiary/aromatic N) is 1. The fourth-order valence-corrected chi connectivity index (χ4v) is 5.07. The summed E-state index contributed by atoms with van der Waals surface area (Å²) in [4.78, 5) is 5.93. The van der Waals surface area contributed by atoms with Gasteiger partial charge < -0.3 is 20.3 Å². The molecule has 1 fully saturated rings. The summed E-state index contributed by atoms with van der Waals surface area (Å²) in [5.41, 5.74) is 4.56. The predicted octanol–water partition coefficient (Wildman–Crippen LogP) is 2.34. The van der Waals surface area contributed by atoms with E-state index in [1.54, 1.807) is 6.07 Å². The molecule has 4 atom stereocenters. The number of fused-ring (bicyclic) bond motifs is 6. The van der Waals surface area contributed by atoms with Gasteiger partial charge in [0.2, 0.25) is 0 Å². The topological polar surface area (TPSA) is 79.7 Å². The Morgan fingerprint density at radius 2 is 2.16 bits per heavy atom. The van der Waals surface area contributed by atoms with Gasteiger partial charge in [0.1, 0.15) is 5.75 Å². The van der Waals surface area contributed by atoms with Crippen LogP contribution in [0.3, 0.4) is 0 Å². The zero-order valence-corrected chi connectivity index (χ0v) is 14.7. The number of phenolic OH excluding ortho intramolecular Hbond substituents is 1. The Morgan fingerprint density at radius 3 is 2.84 bits per heavy atom. The minimum atomic E-state index is 0.0499. The van der Waals surface area contributed by atoms with Crippen LogP contribution in [0.15, 0.2) is 29.8 Å². The number of piperidine rings is 1. The minimum Gasteiger partial charge on any atom is -0.508 e. The highest BCUT2D eigenvalue weighted by molar-refractivity contribution is 5.86. The first-order valence-corrected chi connectivity index (χ1v) is 9.01. The summed E-state index contributed by atoms with van der Waals surface area (Å²) >= 11 is 0. The first kappa shape index (κ1) is 16.6. The number of hydrogen-bond acceptors (Lipinski definition) is 4. The number of aliphatic hydroxyl groups excluding tert-OH is 2. The Kier molecular flexibility index (Phi) is 4.10. The molecule has 1 saturated heterocycles. The van der Waals surface area contributed by atoms with Gasteiger partial charge in [-0.1, -0.05) is 6.08 Å². The largest absolute Gasteiger partial charge is 0.508 e. The van der Waals surface area contributed by atoms with E-state index in [2.05, 4.69) is 16.9 Å². The highest BCUT2D eigenvalue weighted by Crippen LogP contribution is 2.49. The molecule has 0 spiro atoms. The van der Waals surface area contributed by atoms with E-state index in [1.807, 2.05) is 25.1 Å². The van der Waals surface area contributed by atoms with Crippen LogP contribution in [-0.4, -0.2) is 51.5 Å². The molecule has 134 valence electrons. The lowest BCUT2D eigenvalue weighted by molar-refractivity contribution is -0.00908. The zero-order valence-electron chi connectivity index (χ0n) is 14.7. The number of allylic oxidation sites excluding steroid dienone is 1. The van der Waals surface area contributed by atoms with E-state index in [-0.39, 0.29) is 42.9 Å². The van der Waals surface area contributed by atoms with E-state index in [9.17, 15) is 15.3 Å². The molecule has 2 aliphatic rings. The number of likely N-dealkylation sites (N-methyl/N-ethyl adjacent to an activating group) is 1. The molecule has 0 unspecified atom stereocenters. The molecule has 0 aliphatic carbocycles. The summed E-state index contributed by atoms with van der Waals surface area (Å²) in [7, 11) is 2.13. The molecule has 0 amide bonds. The lowest BCUT2D eigenvalue weighted by Crippen LogP contribution is -2.54. The molecular weight excluding hydrogens is 316 g/mol. The molecule has 2 aliphatic heterocycles. The predicted molar refractivity (Wildman–Crippen MR) is 97.5 cm³/mol. The molecule has 4 N–H and O–H groups in total. The van der Waals surface area contributed by atoms with Crippen LogP contribution in [0.4, 0.5) is 0 Å². The van der Waals surface area contributed by atoms with Crippen molar-refractivity contribution in [2.45, 2.75) is 31.8 Å². The third kappa shape index (κ3) is 2.41. The molecule has 0 saturated carbocycles. The number of aromatic nitrogens is 1. The van der Waals surface area contributed by atoms with Crippen LogP contribution < -0.4 is 0 Å². The van der Waals surface area contributed by atoms with E-state index in [4.69, 9.17) is 0 Å². The number of aromatic amines is 1. The van der Waals surface area contributed by atoms with Crippen molar-refractivity contribution >= 4 is 10.9 Å². The van der Waals surface area contributed by atoms with Gasteiger partial charge in [0.25, 0.3) is 0 Å². The van der Waals surface area contributed by atoms with Crippen molar-refractivity contribution in [2.75, 3.05) is 20.3 Å². The van der Waals surface area contributed by atoms with E-state index >= 15 is 0 Å². The van der Waals surface area contributed by atoms with E-state index in [0.29, 0.717) is 0 Å². The van der Waals surface area contributed by atoms with Gasteiger partial charge in [-0.05, 0) is 62.1 Å². The van der Waals surface area contributed by atoms with Gasteiger partial charge in [0.05, 0.1) is 12.6 Å². The summed E-state index contributed by atoms with van der Waals surface area (Å²) in [6, 6.07) is 5.94. The first-order chi connectivity index (χ1) is 12.1. The summed E-state index contributed by atoms with van der Waals surface area (Å²) in [6.07, 6.45) is 3.72. The quantitative estimate of drug-likeness (QED) is 0.646. The normalized spacial score (nSPS) is 29.8. The third-order valence-corrected chi connectivity index (χ3v) is 6.41. The van der Waals surface area contributed by atoms with Crippen molar-refractivity contribution in [1.82, 2.24) is 9.88 Å². The van der Waals surface area contributed by atoms with Crippen LogP contribution in [0.25, 0.3) is 10.9 Å². The average Bonchev–Trinajstić information content (AvgIpc) is 2.95. The molecule has 1 aromatic heterocycles. The number of aromatic hydroxyl groups is 1. The van der Waals surface area contributed by atoms with Crippen LogP contribution >= 0.6 is 0 Å². The van der Waals surface area contributed by atoms with Crippen molar-refractivity contribution in [1.29, 1.82) is 0 Å². The fraction of sp³-hybridized carbons (Fsp3) is 0.500. The van der Waals surface area contributed by atoms with Crippen LogP contribution in [0, 0.1) is 11.8 Å². The Labute approximate surface area is 147 Å². The lowest BCUT2D eigenvalue weighted by atomic mass is 9.68. The zero-order chi connectivity index (χ0) is 17.7. The molecule has 3 heterocycles. The SMILES string of the molecule is C/C=C(/CO)[C@H]1C[C@H]2c3[nH]c4ccc(O)cc4c3C[C@@H]([C@@H]1CO)N2C. The second kappa shape index (κ2) is 6.16. The number of phenols is 1. The highest BCUT2D eigenvalue weighted by atomic mass is 16.3. The standard InChI is InChI=1S/C20H26N2O3/c1-3-11(9-23)13-7-19-20-15(8-18(22(19)2)16(13)10-24)14-6-12(25)4-5-17(14)21-20/h3-6,13,16,18-19,21,23-25H,7-10H2,1-2H3/b11-3-/t13-,16-,18+,19+/m1/s1. The van der Waals surface area contributed by atoms with Crippen LogP contribution in [-0.2, 0) is 6.42 Å². The monoisotopic (exact) mass is 342 g/mol. The third-order valence-electron chi connectivity index (χ3n) is 6.41. The van der Waals surface area contributed by atoms with Crippen molar-refractivity contribution in [2.24, 2.45) is 11.8 Å². The van der Waals surface area contributed by atoms with Crippen LogP contribution in [0.1, 0.15) is 30.6 Å². The maximum atomic E-state index is 10.1. The number of benzene rings is 1. The van der Waals surface area contributed by atoms with Crippen molar-refractivity contribution < 1.29 is 15.3 Å². The molecule has 1 aromatic carbocycles. The van der Waals surface area contributed by atoms with Crippen molar-refractivity contribution in [3.05, 3.63) is 41.1 Å². The van der Waals surface area contributed by atoms with Gasteiger partial charge >= 0.3 is 0 Å². The maximum absolute atomic E-state index is 10.1. The molecule has 5 heteroatoms. The van der Waals surface area contributed by atoms with E-state index in [0.717, 1.165) is 29.3 Å². The van der Waals surface area contributed by atoms with Gasteiger partial charge in [0, 0.05) is 35.2 Å². The number of rotatable bonds is 3. The molecular formula is C20H26N2O3. The minimum absolute atomic E-state index is 0.0499. The molecule has 2 bridgehead atoms. The van der Waals surface area contributed by atoms with Crippen LogP contribution in [0.2, 0.25) is 0 Å². The number of aliphatic hydroxyl groups is 2.